The third kappa shape index (κ3) is 1.05. The zero-order valence-electron chi connectivity index (χ0n) is 7.65. The number of hydrogen-bond acceptors (Lipinski definition) is 2. The van der Waals surface area contributed by atoms with Crippen LogP contribution < -0.4 is 15.9 Å². The molecule has 0 bridgehead atoms. The molecule has 1 aliphatic heterocycles. The quantitative estimate of drug-likeness (QED) is 0.576. The van der Waals surface area contributed by atoms with Crippen molar-refractivity contribution in [1.29, 1.82) is 0 Å². The highest BCUT2D eigenvalue weighted by Gasteiger charge is 2.21. The Balaban J connectivity index is 2.41. The molecule has 1 aromatic rings. The molecule has 0 atom stereocenters. The maximum absolute atomic E-state index is 11.2. The van der Waals surface area contributed by atoms with Crippen LogP contribution in [-0.2, 0) is 9.59 Å². The summed E-state index contributed by atoms with van der Waals surface area (Å²) in [7, 11) is 0. The molecule has 2 aliphatic rings. The second-order valence-corrected chi connectivity index (χ2v) is 3.36. The molecule has 1 heterocycles. The van der Waals surface area contributed by atoms with Gasteiger partial charge in [-0.25, -0.2) is 4.99 Å². The minimum Gasteiger partial charge on any atom is -0.315 e. The van der Waals surface area contributed by atoms with Crippen molar-refractivity contribution in [2.45, 2.75) is 0 Å². The molecule has 0 radical (unpaired) electrons. The molecular formula is C11H6N2O2. The molecule has 1 aliphatic carbocycles. The van der Waals surface area contributed by atoms with Gasteiger partial charge < -0.3 is 5.32 Å². The fourth-order valence-electron chi connectivity index (χ4n) is 1.75. The number of nitrogens with one attached hydrogen (secondary N) is 1. The third-order valence-corrected chi connectivity index (χ3v) is 2.45. The largest absolute Gasteiger partial charge is 0.335 e. The Kier molecular flexibility index (Phi) is 1.42. The number of fused-ring (bicyclic) bond motifs is 3. The van der Waals surface area contributed by atoms with Crippen molar-refractivity contribution in [2.24, 2.45) is 4.99 Å². The van der Waals surface area contributed by atoms with Gasteiger partial charge in [-0.05, 0) is 11.3 Å². The fourth-order valence-corrected chi connectivity index (χ4v) is 1.75. The number of benzene rings is 1. The van der Waals surface area contributed by atoms with Gasteiger partial charge in [0, 0.05) is 5.56 Å². The van der Waals surface area contributed by atoms with Gasteiger partial charge in [0.2, 0.25) is 0 Å². The Labute approximate surface area is 84.6 Å². The summed E-state index contributed by atoms with van der Waals surface area (Å²) in [5.41, 5.74) is 1.54. The minimum absolute atomic E-state index is 0.526. The van der Waals surface area contributed by atoms with Crippen molar-refractivity contribution in [1.82, 2.24) is 0 Å². The van der Waals surface area contributed by atoms with Gasteiger partial charge in [-0.15, -0.1) is 0 Å². The molecule has 15 heavy (non-hydrogen) atoms. The van der Waals surface area contributed by atoms with E-state index in [1.807, 2.05) is 24.3 Å². The number of allylic oxidation sites excluding steroid dienone is 1. The predicted molar refractivity (Wildman–Crippen MR) is 54.4 cm³/mol. The van der Waals surface area contributed by atoms with Crippen LogP contribution in [-0.4, -0.2) is 11.8 Å². The van der Waals surface area contributed by atoms with Gasteiger partial charge in [0.1, 0.15) is 0 Å². The number of nitrogens with zero attached hydrogens (tertiary/aromatic N) is 1. The maximum atomic E-state index is 11.2. The first kappa shape index (κ1) is 8.11. The SMILES string of the molecule is O=C1N=c2ccc3c(c2NC1=O)C=CC=3. The van der Waals surface area contributed by atoms with Crippen LogP contribution in [0, 0.1) is 0 Å². The Bertz CT molecular complexity index is 641. The van der Waals surface area contributed by atoms with Gasteiger partial charge in [0.25, 0.3) is 0 Å². The predicted octanol–water partition coefficient (Wildman–Crippen LogP) is -0.408. The highest BCUT2D eigenvalue weighted by Crippen LogP contribution is 2.13. The van der Waals surface area contributed by atoms with Crippen molar-refractivity contribution < 1.29 is 9.59 Å². The van der Waals surface area contributed by atoms with Gasteiger partial charge in [0.15, 0.2) is 0 Å². The summed E-state index contributed by atoms with van der Waals surface area (Å²) in [5.74, 6) is -1.41. The van der Waals surface area contributed by atoms with Crippen LogP contribution in [0.3, 0.4) is 0 Å². The molecule has 72 valence electrons. The van der Waals surface area contributed by atoms with Gasteiger partial charge in [0.05, 0.1) is 11.0 Å². The van der Waals surface area contributed by atoms with Crippen LogP contribution in [0.5, 0.6) is 0 Å². The van der Waals surface area contributed by atoms with Gasteiger partial charge in [-0.2, -0.15) is 0 Å². The van der Waals surface area contributed by atoms with Crippen LogP contribution in [0.2, 0.25) is 0 Å². The van der Waals surface area contributed by atoms with Crippen molar-refractivity contribution >= 4 is 29.7 Å². The second kappa shape index (κ2) is 2.63. The Morgan fingerprint density at radius 1 is 1.20 bits per heavy atom. The first-order valence-electron chi connectivity index (χ1n) is 4.51. The zero-order chi connectivity index (χ0) is 10.4. The molecular weight excluding hydrogens is 192 g/mol. The van der Waals surface area contributed by atoms with Crippen molar-refractivity contribution in [3.63, 3.8) is 0 Å². The molecule has 4 nitrogen and oxygen atoms in total. The lowest BCUT2D eigenvalue weighted by Crippen LogP contribution is -2.33. The number of carbonyl (C=O) groups excluding carboxylic acids is 2. The van der Waals surface area contributed by atoms with Crippen LogP contribution >= 0.6 is 0 Å². The molecule has 4 heteroatoms. The lowest BCUT2D eigenvalue weighted by molar-refractivity contribution is -0.134. The number of rotatable bonds is 0. The fraction of sp³-hybridized carbons (Fsp3) is 0. The summed E-state index contributed by atoms with van der Waals surface area (Å²) >= 11 is 0. The summed E-state index contributed by atoms with van der Waals surface area (Å²) in [5, 5.41) is 4.11. The van der Waals surface area contributed by atoms with E-state index in [1.165, 1.54) is 0 Å². The summed E-state index contributed by atoms with van der Waals surface area (Å²) in [4.78, 5) is 25.9. The van der Waals surface area contributed by atoms with Crippen LogP contribution in [0.15, 0.2) is 23.2 Å². The number of carbonyl (C=O) groups is 2. The summed E-state index contributed by atoms with van der Waals surface area (Å²) < 4.78 is 0. The van der Waals surface area contributed by atoms with E-state index in [4.69, 9.17) is 0 Å². The average Bonchev–Trinajstić information content (AvgIpc) is 2.68. The monoisotopic (exact) mass is 198 g/mol. The Hall–Kier alpha value is -2.23. The number of hydrogen-bond donors (Lipinski definition) is 1. The van der Waals surface area contributed by atoms with E-state index in [2.05, 4.69) is 10.3 Å². The maximum Gasteiger partial charge on any atom is 0.335 e. The molecule has 1 N–H and O–H groups in total. The van der Waals surface area contributed by atoms with E-state index < -0.39 is 11.8 Å². The highest BCUT2D eigenvalue weighted by molar-refractivity contribution is 6.41. The average molecular weight is 198 g/mol. The van der Waals surface area contributed by atoms with E-state index in [9.17, 15) is 9.59 Å². The first-order chi connectivity index (χ1) is 7.25. The summed E-state index contributed by atoms with van der Waals surface area (Å²) in [6, 6.07) is 3.61. The van der Waals surface area contributed by atoms with Crippen LogP contribution in [0.4, 0.5) is 5.69 Å². The van der Waals surface area contributed by atoms with Crippen molar-refractivity contribution in [3.05, 3.63) is 34.3 Å². The van der Waals surface area contributed by atoms with E-state index in [1.54, 1.807) is 6.07 Å². The van der Waals surface area contributed by atoms with Crippen molar-refractivity contribution in [3.8, 4) is 0 Å². The lowest BCUT2D eigenvalue weighted by atomic mass is 10.1. The molecule has 1 aromatic carbocycles. The Morgan fingerprint density at radius 2 is 2.07 bits per heavy atom. The normalized spacial score (nSPS) is 16.3. The molecule has 0 spiro atoms. The zero-order valence-corrected chi connectivity index (χ0v) is 7.65. The molecule has 3 rings (SSSR count). The summed E-state index contributed by atoms with van der Waals surface area (Å²) in [6.07, 6.45) is 5.73. The van der Waals surface area contributed by atoms with Gasteiger partial charge in [-0.1, -0.05) is 24.3 Å². The molecule has 0 saturated heterocycles. The standard InChI is InChI=1S/C11H6N2O2/c14-10-11(15)13-9-7-3-1-2-6(7)4-5-8(9)12-10/h1-5H,(H,13,15). The van der Waals surface area contributed by atoms with E-state index >= 15 is 0 Å². The second-order valence-electron chi connectivity index (χ2n) is 3.36. The topological polar surface area (TPSA) is 58.5 Å². The van der Waals surface area contributed by atoms with Gasteiger partial charge in [-0.3, -0.25) is 9.59 Å². The van der Waals surface area contributed by atoms with E-state index in [-0.39, 0.29) is 0 Å². The molecule has 0 saturated carbocycles. The first-order valence-corrected chi connectivity index (χ1v) is 4.51. The van der Waals surface area contributed by atoms with E-state index in [0.29, 0.717) is 11.0 Å². The molecule has 0 fully saturated rings. The summed E-state index contributed by atoms with van der Waals surface area (Å²) in [6.45, 7) is 0. The van der Waals surface area contributed by atoms with E-state index in [0.717, 1.165) is 10.8 Å². The van der Waals surface area contributed by atoms with Gasteiger partial charge >= 0.3 is 11.8 Å². The molecule has 0 aromatic heterocycles. The van der Waals surface area contributed by atoms with Crippen LogP contribution in [0.25, 0.3) is 12.2 Å². The minimum atomic E-state index is -0.742. The highest BCUT2D eigenvalue weighted by atomic mass is 16.2. The van der Waals surface area contributed by atoms with Crippen LogP contribution in [0.1, 0.15) is 5.56 Å². The number of anilines is 1. The Morgan fingerprint density at radius 3 is 2.93 bits per heavy atom. The third-order valence-electron chi connectivity index (χ3n) is 2.45. The smallest absolute Gasteiger partial charge is 0.315 e. The van der Waals surface area contributed by atoms with Crippen molar-refractivity contribution in [2.75, 3.05) is 5.32 Å². The lowest BCUT2D eigenvalue weighted by Gasteiger charge is -2.10. The molecule has 2 amide bonds. The number of amides is 2. The molecule has 0 unspecified atom stereocenters.